The van der Waals surface area contributed by atoms with Gasteiger partial charge in [0.05, 0.1) is 11.4 Å². The fourth-order valence-electron chi connectivity index (χ4n) is 2.78. The number of anilines is 2. The van der Waals surface area contributed by atoms with Crippen molar-refractivity contribution in [1.82, 2.24) is 0 Å². The average Bonchev–Trinajstić information content (AvgIpc) is 2.04. The second kappa shape index (κ2) is 2.87. The Morgan fingerprint density at radius 2 is 2.00 bits per heavy atom. The Hall–Kier alpha value is -1.25. The average molecular weight is 206 g/mol. The van der Waals surface area contributed by atoms with Gasteiger partial charge in [-0.1, -0.05) is 12.5 Å². The van der Waals surface area contributed by atoms with Crippen molar-refractivity contribution in [2.45, 2.75) is 19.3 Å². The molecule has 1 saturated heterocycles. The Morgan fingerprint density at radius 1 is 1.27 bits per heavy atom. The largest absolute Gasteiger partial charge is 0.397 e. The van der Waals surface area contributed by atoms with Crippen LogP contribution in [0.3, 0.4) is 0 Å². The van der Waals surface area contributed by atoms with Crippen molar-refractivity contribution < 1.29 is 4.39 Å². The van der Waals surface area contributed by atoms with Gasteiger partial charge in [0, 0.05) is 18.5 Å². The first-order valence-electron chi connectivity index (χ1n) is 5.49. The molecule has 0 aromatic heterocycles. The van der Waals surface area contributed by atoms with Gasteiger partial charge in [-0.15, -0.1) is 0 Å². The van der Waals surface area contributed by atoms with Gasteiger partial charge in [-0.05, 0) is 25.0 Å². The summed E-state index contributed by atoms with van der Waals surface area (Å²) < 4.78 is 13.6. The Labute approximate surface area is 88.9 Å². The Bertz CT molecular complexity index is 370. The molecular weight excluding hydrogens is 191 g/mol. The number of halogens is 1. The van der Waals surface area contributed by atoms with E-state index in [9.17, 15) is 4.39 Å². The minimum Gasteiger partial charge on any atom is -0.397 e. The van der Waals surface area contributed by atoms with Crippen LogP contribution < -0.4 is 10.6 Å². The smallest absolute Gasteiger partial charge is 0.148 e. The first-order chi connectivity index (χ1) is 7.20. The van der Waals surface area contributed by atoms with E-state index < -0.39 is 0 Å². The lowest BCUT2D eigenvalue weighted by molar-refractivity contribution is 0.0899. The van der Waals surface area contributed by atoms with Crippen LogP contribution in [0.5, 0.6) is 0 Å². The van der Waals surface area contributed by atoms with Crippen molar-refractivity contribution in [3.05, 3.63) is 24.0 Å². The molecule has 2 aliphatic rings. The van der Waals surface area contributed by atoms with Crippen molar-refractivity contribution in [2.75, 3.05) is 23.7 Å². The highest BCUT2D eigenvalue weighted by Gasteiger charge is 2.48. The van der Waals surface area contributed by atoms with Crippen LogP contribution in [0.2, 0.25) is 0 Å². The van der Waals surface area contributed by atoms with Gasteiger partial charge in [0.15, 0.2) is 0 Å². The van der Waals surface area contributed by atoms with Crippen molar-refractivity contribution in [3.8, 4) is 0 Å². The van der Waals surface area contributed by atoms with Gasteiger partial charge in [0.1, 0.15) is 5.82 Å². The molecule has 1 spiro atoms. The number of nitrogens with two attached hydrogens (primary N) is 1. The number of para-hydroxylation sites is 1. The quantitative estimate of drug-likeness (QED) is 0.715. The third-order valence-corrected chi connectivity index (χ3v) is 3.80. The van der Waals surface area contributed by atoms with E-state index in [1.807, 2.05) is 0 Å². The summed E-state index contributed by atoms with van der Waals surface area (Å²) in [5.74, 6) is -0.191. The van der Waals surface area contributed by atoms with Crippen LogP contribution in [0.4, 0.5) is 15.8 Å². The van der Waals surface area contributed by atoms with E-state index >= 15 is 0 Å². The number of hydrogen-bond donors (Lipinski definition) is 1. The van der Waals surface area contributed by atoms with Crippen LogP contribution >= 0.6 is 0 Å². The Balaban J connectivity index is 1.83. The van der Waals surface area contributed by atoms with E-state index in [0.29, 0.717) is 16.8 Å². The highest BCUT2D eigenvalue weighted by atomic mass is 19.1. The fraction of sp³-hybridized carbons (Fsp3) is 0.500. The van der Waals surface area contributed by atoms with Gasteiger partial charge >= 0.3 is 0 Å². The summed E-state index contributed by atoms with van der Waals surface area (Å²) in [5.41, 5.74) is 7.47. The summed E-state index contributed by atoms with van der Waals surface area (Å²) in [6.07, 6.45) is 3.94. The minimum absolute atomic E-state index is 0.191. The molecule has 1 aliphatic heterocycles. The summed E-state index contributed by atoms with van der Waals surface area (Å²) in [5, 5.41) is 0. The zero-order chi connectivity index (χ0) is 10.5. The fourth-order valence-corrected chi connectivity index (χ4v) is 2.78. The molecule has 3 heteroatoms. The van der Waals surface area contributed by atoms with Crippen LogP contribution in [-0.4, -0.2) is 13.1 Å². The van der Waals surface area contributed by atoms with Gasteiger partial charge in [0.25, 0.3) is 0 Å². The standard InChI is InChI=1S/C12H15FN2/c13-9-3-1-4-10(14)11(9)15-7-12(8-15)5-2-6-12/h1,3-4H,2,5-8,14H2. The molecule has 3 rings (SSSR count). The molecule has 0 bridgehead atoms. The topological polar surface area (TPSA) is 29.3 Å². The zero-order valence-corrected chi connectivity index (χ0v) is 8.67. The molecule has 1 saturated carbocycles. The van der Waals surface area contributed by atoms with Gasteiger partial charge in [-0.3, -0.25) is 0 Å². The van der Waals surface area contributed by atoms with Crippen LogP contribution in [0, 0.1) is 11.2 Å². The number of rotatable bonds is 1. The molecule has 1 aliphatic carbocycles. The summed E-state index contributed by atoms with van der Waals surface area (Å²) in [4.78, 5) is 2.07. The van der Waals surface area contributed by atoms with Crippen molar-refractivity contribution in [2.24, 2.45) is 5.41 Å². The van der Waals surface area contributed by atoms with Crippen LogP contribution in [-0.2, 0) is 0 Å². The predicted octanol–water partition coefficient (Wildman–Crippen LogP) is 2.40. The molecule has 0 atom stereocenters. The zero-order valence-electron chi connectivity index (χ0n) is 8.67. The summed E-state index contributed by atoms with van der Waals surface area (Å²) in [7, 11) is 0. The summed E-state index contributed by atoms with van der Waals surface area (Å²) in [6, 6.07) is 4.91. The third-order valence-electron chi connectivity index (χ3n) is 3.80. The SMILES string of the molecule is Nc1cccc(F)c1N1CC2(CCC2)C1. The van der Waals surface area contributed by atoms with Crippen molar-refractivity contribution >= 4 is 11.4 Å². The van der Waals surface area contributed by atoms with Gasteiger partial charge in [-0.25, -0.2) is 4.39 Å². The normalized spacial score (nSPS) is 22.3. The lowest BCUT2D eigenvalue weighted by Crippen LogP contribution is -2.60. The molecule has 80 valence electrons. The molecule has 2 N–H and O–H groups in total. The number of nitrogen functional groups attached to an aromatic ring is 1. The molecule has 0 radical (unpaired) electrons. The van der Waals surface area contributed by atoms with Crippen LogP contribution in [0.15, 0.2) is 18.2 Å². The Morgan fingerprint density at radius 3 is 2.53 bits per heavy atom. The van der Waals surface area contributed by atoms with Gasteiger partial charge in [0.2, 0.25) is 0 Å². The second-order valence-corrected chi connectivity index (χ2v) is 4.89. The minimum atomic E-state index is -0.191. The summed E-state index contributed by atoms with van der Waals surface area (Å²) >= 11 is 0. The first-order valence-corrected chi connectivity index (χ1v) is 5.49. The van der Waals surface area contributed by atoms with E-state index in [1.54, 1.807) is 12.1 Å². The molecule has 2 fully saturated rings. The lowest BCUT2D eigenvalue weighted by Gasteiger charge is -2.57. The van der Waals surface area contributed by atoms with Crippen LogP contribution in [0.25, 0.3) is 0 Å². The molecule has 1 aromatic carbocycles. The lowest BCUT2D eigenvalue weighted by atomic mass is 9.63. The molecule has 1 aromatic rings. The molecular formula is C12H15FN2. The first kappa shape index (κ1) is 9.01. The van der Waals surface area contributed by atoms with E-state index in [4.69, 9.17) is 5.73 Å². The van der Waals surface area contributed by atoms with E-state index in [-0.39, 0.29) is 5.82 Å². The predicted molar refractivity (Wildman–Crippen MR) is 59.3 cm³/mol. The van der Waals surface area contributed by atoms with E-state index in [1.165, 1.54) is 25.3 Å². The number of nitrogens with zero attached hydrogens (tertiary/aromatic N) is 1. The molecule has 1 heterocycles. The maximum atomic E-state index is 13.6. The third kappa shape index (κ3) is 1.22. The maximum Gasteiger partial charge on any atom is 0.148 e. The highest BCUT2D eigenvalue weighted by Crippen LogP contribution is 2.50. The van der Waals surface area contributed by atoms with Crippen molar-refractivity contribution in [1.29, 1.82) is 0 Å². The maximum absolute atomic E-state index is 13.6. The molecule has 0 amide bonds. The number of hydrogen-bond acceptors (Lipinski definition) is 2. The molecule has 0 unspecified atom stereocenters. The van der Waals surface area contributed by atoms with Crippen LogP contribution in [0.1, 0.15) is 19.3 Å². The molecule has 2 nitrogen and oxygen atoms in total. The highest BCUT2D eigenvalue weighted by molar-refractivity contribution is 5.69. The Kier molecular flexibility index (Phi) is 1.73. The second-order valence-electron chi connectivity index (χ2n) is 4.89. The van der Waals surface area contributed by atoms with Gasteiger partial charge < -0.3 is 10.6 Å². The summed E-state index contributed by atoms with van der Waals surface area (Å²) in [6.45, 7) is 1.97. The van der Waals surface area contributed by atoms with Crippen molar-refractivity contribution in [3.63, 3.8) is 0 Å². The monoisotopic (exact) mass is 206 g/mol. The van der Waals surface area contributed by atoms with E-state index in [2.05, 4.69) is 4.90 Å². The molecule has 15 heavy (non-hydrogen) atoms. The van der Waals surface area contributed by atoms with Gasteiger partial charge in [-0.2, -0.15) is 0 Å². The number of benzene rings is 1. The van der Waals surface area contributed by atoms with E-state index in [0.717, 1.165) is 13.1 Å².